The average Bonchev–Trinajstić information content (AvgIpc) is 2.93. The van der Waals surface area contributed by atoms with Crippen LogP contribution in [0.2, 0.25) is 19.6 Å². The fraction of sp³-hybridized carbons (Fsp3) is 0.842. The van der Waals surface area contributed by atoms with Crippen molar-refractivity contribution in [2.45, 2.75) is 68.2 Å². The van der Waals surface area contributed by atoms with Gasteiger partial charge in [0, 0.05) is 13.1 Å². The number of rotatable bonds is 4. The van der Waals surface area contributed by atoms with Gasteiger partial charge in [-0.25, -0.2) is 4.79 Å². The van der Waals surface area contributed by atoms with E-state index < -0.39 is 23.3 Å². The number of carbonyl (C=O) groups is 1. The lowest BCUT2D eigenvalue weighted by atomic mass is 9.83. The molecule has 1 amide bonds. The third-order valence-electron chi connectivity index (χ3n) is 5.21. The third kappa shape index (κ3) is 5.16. The van der Waals surface area contributed by atoms with Gasteiger partial charge in [-0.05, 0) is 71.0 Å². The highest BCUT2D eigenvalue weighted by molar-refractivity contribution is 6.71. The molecule has 1 aliphatic heterocycles. The molecule has 27 heavy (non-hydrogen) atoms. The zero-order valence-electron chi connectivity index (χ0n) is 17.2. The zero-order chi connectivity index (χ0) is 20.8. The summed E-state index contributed by atoms with van der Waals surface area (Å²) < 4.78 is 10.6. The Balaban J connectivity index is 2.30. The summed E-state index contributed by atoms with van der Waals surface area (Å²) in [4.78, 5) is 14.3. The number of ether oxygens (including phenoxy) is 1. The molecule has 2 fully saturated rings. The molecule has 0 radical (unpaired) electrons. The fourth-order valence-corrected chi connectivity index (χ4v) is 6.97. The van der Waals surface area contributed by atoms with E-state index in [0.29, 0.717) is 25.9 Å². The average molecular weight is 457 g/mol. The molecule has 0 spiro atoms. The Morgan fingerprint density at radius 1 is 1.26 bits per heavy atom. The lowest BCUT2D eigenvalue weighted by Crippen LogP contribution is -2.55. The van der Waals surface area contributed by atoms with Crippen LogP contribution in [-0.4, -0.2) is 47.4 Å². The van der Waals surface area contributed by atoms with Gasteiger partial charge in [0.15, 0.2) is 8.32 Å². The minimum absolute atomic E-state index is 0.00772. The highest BCUT2D eigenvalue weighted by Crippen LogP contribution is 2.61. The first-order valence-electron chi connectivity index (χ1n) is 9.45. The highest BCUT2D eigenvalue weighted by Gasteiger charge is 2.65. The maximum absolute atomic E-state index is 12.5. The number of carbonyl (C=O) groups excluding carboxylic acids is 1. The van der Waals surface area contributed by atoms with Gasteiger partial charge < -0.3 is 14.1 Å². The van der Waals surface area contributed by atoms with Gasteiger partial charge in [0.25, 0.3) is 0 Å². The summed E-state index contributed by atoms with van der Waals surface area (Å²) >= 11 is 19.6. The van der Waals surface area contributed by atoms with E-state index in [9.17, 15) is 4.79 Å². The number of allylic oxidation sites excluding steroid dienone is 1. The highest BCUT2D eigenvalue weighted by atomic mass is 35.6. The van der Waals surface area contributed by atoms with Crippen molar-refractivity contribution in [1.82, 2.24) is 4.90 Å². The second-order valence-electron chi connectivity index (χ2n) is 9.75. The molecule has 2 rings (SSSR count). The van der Waals surface area contributed by atoms with E-state index in [-0.39, 0.29) is 23.8 Å². The van der Waals surface area contributed by atoms with E-state index in [0.717, 1.165) is 0 Å². The van der Waals surface area contributed by atoms with Gasteiger partial charge in [0.2, 0.25) is 3.79 Å². The molecule has 0 aromatic rings. The predicted molar refractivity (Wildman–Crippen MR) is 115 cm³/mol. The molecule has 0 N–H and O–H groups in total. The molecular formula is C19H32Cl3NO3Si. The lowest BCUT2D eigenvalue weighted by Gasteiger charge is -2.46. The van der Waals surface area contributed by atoms with Gasteiger partial charge in [-0.3, -0.25) is 0 Å². The van der Waals surface area contributed by atoms with Crippen molar-refractivity contribution in [3.8, 4) is 0 Å². The molecule has 156 valence electrons. The molecule has 0 bridgehead atoms. The number of nitrogens with zero attached hydrogens (tertiary/aromatic N) is 1. The van der Waals surface area contributed by atoms with E-state index in [4.69, 9.17) is 44.0 Å². The first kappa shape index (κ1) is 23.3. The molecule has 8 heteroatoms. The van der Waals surface area contributed by atoms with Crippen LogP contribution in [0.15, 0.2) is 12.7 Å². The Bertz CT molecular complexity index is 582. The maximum Gasteiger partial charge on any atom is 0.410 e. The molecule has 0 aromatic heterocycles. The largest absolute Gasteiger partial charge is 0.444 e. The van der Waals surface area contributed by atoms with Crippen LogP contribution in [0.3, 0.4) is 0 Å². The summed E-state index contributed by atoms with van der Waals surface area (Å²) in [7, 11) is -1.99. The van der Waals surface area contributed by atoms with Crippen molar-refractivity contribution in [3.05, 3.63) is 12.7 Å². The number of fused-ring (bicyclic) bond motifs is 1. The van der Waals surface area contributed by atoms with Crippen molar-refractivity contribution < 1.29 is 14.0 Å². The summed E-state index contributed by atoms with van der Waals surface area (Å²) in [5, 5.41) is 0. The smallest absolute Gasteiger partial charge is 0.410 e. The Labute approximate surface area is 179 Å². The number of hydrogen-bond acceptors (Lipinski definition) is 3. The van der Waals surface area contributed by atoms with Gasteiger partial charge in [0.1, 0.15) is 11.2 Å². The molecule has 2 aliphatic rings. The first-order chi connectivity index (χ1) is 12.1. The summed E-state index contributed by atoms with van der Waals surface area (Å²) in [6.07, 6.45) is 2.89. The van der Waals surface area contributed by atoms with Crippen LogP contribution < -0.4 is 0 Å². The van der Waals surface area contributed by atoms with E-state index in [1.54, 1.807) is 4.90 Å². The van der Waals surface area contributed by atoms with Gasteiger partial charge in [-0.2, -0.15) is 0 Å². The summed E-state index contributed by atoms with van der Waals surface area (Å²) in [6.45, 7) is 17.0. The SMILES string of the molecule is C=CC[C@H]1[C@@H]2CN(C(=O)OC(C)(C)C)C[C@@H]2CC1(O[Si](C)(C)C)C(Cl)(Cl)Cl. The van der Waals surface area contributed by atoms with E-state index in [2.05, 4.69) is 26.2 Å². The number of likely N-dealkylation sites (tertiary alicyclic amines) is 1. The standard InChI is InChI=1S/C19H32Cl3NO3Si/c1-8-9-15-14-12-23(16(24)25-17(2,3)4)11-13(14)10-18(15,19(20,21)22)26-27(5,6)7/h8,13-15H,1,9-12H2,2-7H3/t13-,14+,15-,18?/m0/s1. The lowest BCUT2D eigenvalue weighted by molar-refractivity contribution is 0.00168. The second kappa shape index (κ2) is 7.71. The molecular weight excluding hydrogens is 425 g/mol. The van der Waals surface area contributed by atoms with Crippen LogP contribution in [0.1, 0.15) is 33.6 Å². The van der Waals surface area contributed by atoms with Crippen molar-refractivity contribution in [2.75, 3.05) is 13.1 Å². The number of amides is 1. The predicted octanol–water partition coefficient (Wildman–Crippen LogP) is 6.03. The molecule has 1 unspecified atom stereocenters. The normalized spacial score (nSPS) is 31.7. The molecule has 1 saturated heterocycles. The summed E-state index contributed by atoms with van der Waals surface area (Å²) in [6, 6.07) is 0. The van der Waals surface area contributed by atoms with Crippen LogP contribution in [0, 0.1) is 17.8 Å². The third-order valence-corrected chi connectivity index (χ3v) is 7.15. The molecule has 4 atom stereocenters. The first-order valence-corrected chi connectivity index (χ1v) is 14.0. The maximum atomic E-state index is 12.5. The quantitative estimate of drug-likeness (QED) is 0.295. The van der Waals surface area contributed by atoms with Crippen molar-refractivity contribution in [2.24, 2.45) is 17.8 Å². The van der Waals surface area contributed by atoms with E-state index >= 15 is 0 Å². The van der Waals surface area contributed by atoms with Gasteiger partial charge in [-0.15, -0.1) is 6.58 Å². The van der Waals surface area contributed by atoms with Crippen molar-refractivity contribution >= 4 is 49.2 Å². The van der Waals surface area contributed by atoms with Crippen LogP contribution in [-0.2, 0) is 9.16 Å². The second-order valence-corrected chi connectivity index (χ2v) is 16.5. The summed E-state index contributed by atoms with van der Waals surface area (Å²) in [5.41, 5.74) is -1.37. The van der Waals surface area contributed by atoms with Crippen LogP contribution in [0.5, 0.6) is 0 Å². The molecule has 1 saturated carbocycles. The Hall–Kier alpha value is 0.0569. The van der Waals surface area contributed by atoms with E-state index in [1.165, 1.54) is 0 Å². The monoisotopic (exact) mass is 455 g/mol. The van der Waals surface area contributed by atoms with Crippen LogP contribution in [0.4, 0.5) is 4.79 Å². The molecule has 0 aromatic carbocycles. The number of halogens is 3. The van der Waals surface area contributed by atoms with Crippen LogP contribution in [0.25, 0.3) is 0 Å². The van der Waals surface area contributed by atoms with Crippen LogP contribution >= 0.6 is 34.8 Å². The number of alkyl halides is 3. The van der Waals surface area contributed by atoms with E-state index in [1.807, 2.05) is 26.8 Å². The molecule has 1 heterocycles. The zero-order valence-corrected chi connectivity index (χ0v) is 20.4. The summed E-state index contributed by atoms with van der Waals surface area (Å²) in [5.74, 6) is 0.406. The molecule has 1 aliphatic carbocycles. The molecule has 4 nitrogen and oxygen atoms in total. The van der Waals surface area contributed by atoms with Crippen molar-refractivity contribution in [3.63, 3.8) is 0 Å². The van der Waals surface area contributed by atoms with Gasteiger partial charge >= 0.3 is 6.09 Å². The topological polar surface area (TPSA) is 38.8 Å². The van der Waals surface area contributed by atoms with Gasteiger partial charge in [0.05, 0.1) is 0 Å². The minimum atomic E-state index is -1.99. The Morgan fingerprint density at radius 3 is 2.30 bits per heavy atom. The van der Waals surface area contributed by atoms with Crippen molar-refractivity contribution in [1.29, 1.82) is 0 Å². The van der Waals surface area contributed by atoms with Gasteiger partial charge in [-0.1, -0.05) is 40.9 Å². The number of hydrogen-bond donors (Lipinski definition) is 0. The Kier molecular flexibility index (Phi) is 6.67. The minimum Gasteiger partial charge on any atom is -0.444 e. The Morgan fingerprint density at radius 2 is 1.85 bits per heavy atom. The fourth-order valence-electron chi connectivity index (χ4n) is 4.52.